The van der Waals surface area contributed by atoms with Crippen molar-refractivity contribution in [2.45, 2.75) is 33.6 Å². The number of rotatable bonds is 6. The zero-order valence-electron chi connectivity index (χ0n) is 15.4. The fraction of sp³-hybridized carbons (Fsp3) is 0.579. The number of aryl methyl sites for hydroxylation is 2. The van der Waals surface area contributed by atoms with Crippen LogP contribution in [-0.2, 0) is 9.53 Å². The summed E-state index contributed by atoms with van der Waals surface area (Å²) in [6, 6.07) is 4.32. The van der Waals surface area contributed by atoms with Crippen molar-refractivity contribution in [1.82, 2.24) is 4.98 Å². The number of quaternary nitrogens is 1. The van der Waals surface area contributed by atoms with Crippen LogP contribution in [0.3, 0.4) is 0 Å². The summed E-state index contributed by atoms with van der Waals surface area (Å²) in [5, 5.41) is 0.842. The van der Waals surface area contributed by atoms with Gasteiger partial charge in [0.25, 0.3) is 0 Å². The van der Waals surface area contributed by atoms with Crippen molar-refractivity contribution in [2.24, 2.45) is 0 Å². The van der Waals surface area contributed by atoms with Crippen LogP contribution in [0.15, 0.2) is 12.1 Å². The van der Waals surface area contributed by atoms with Crippen molar-refractivity contribution in [3.8, 4) is 0 Å². The maximum absolute atomic E-state index is 12.7. The van der Waals surface area contributed by atoms with E-state index in [0.717, 1.165) is 56.5 Å². The maximum atomic E-state index is 12.7. The van der Waals surface area contributed by atoms with Crippen molar-refractivity contribution < 1.29 is 14.4 Å². The maximum Gasteiger partial charge on any atom is 0.228 e. The Bertz CT molecular complexity index is 738. The number of aromatic nitrogens is 1. The van der Waals surface area contributed by atoms with Gasteiger partial charge >= 0.3 is 0 Å². The van der Waals surface area contributed by atoms with Gasteiger partial charge in [-0.05, 0) is 37.5 Å². The van der Waals surface area contributed by atoms with Gasteiger partial charge in [0, 0.05) is 6.42 Å². The highest BCUT2D eigenvalue weighted by Gasteiger charge is 2.22. The molecule has 0 aliphatic carbocycles. The van der Waals surface area contributed by atoms with Gasteiger partial charge in [-0.1, -0.05) is 24.3 Å². The summed E-state index contributed by atoms with van der Waals surface area (Å²) < 4.78 is 6.60. The summed E-state index contributed by atoms with van der Waals surface area (Å²) in [6.45, 7) is 11.6. The molecule has 5 nitrogen and oxygen atoms in total. The normalized spacial score (nSPS) is 15.6. The molecule has 1 amide bonds. The number of fused-ring (bicyclic) bond motifs is 1. The molecule has 1 aliphatic rings. The van der Waals surface area contributed by atoms with E-state index < -0.39 is 0 Å². The first-order chi connectivity index (χ1) is 12.1. The van der Waals surface area contributed by atoms with Crippen LogP contribution in [0.5, 0.6) is 0 Å². The first-order valence-corrected chi connectivity index (χ1v) is 9.99. The highest BCUT2D eigenvalue weighted by Crippen LogP contribution is 2.31. The summed E-state index contributed by atoms with van der Waals surface area (Å²) >= 11 is 1.63. The number of ether oxygens (including phenoxy) is 1. The van der Waals surface area contributed by atoms with Crippen molar-refractivity contribution in [3.63, 3.8) is 0 Å². The number of hydrogen-bond donors (Lipinski definition) is 1. The van der Waals surface area contributed by atoms with Crippen molar-refractivity contribution in [2.75, 3.05) is 44.3 Å². The summed E-state index contributed by atoms with van der Waals surface area (Å²) in [5.74, 6) is 0.184. The Morgan fingerprint density at radius 3 is 2.80 bits per heavy atom. The number of thiazole rings is 1. The highest BCUT2D eigenvalue weighted by molar-refractivity contribution is 7.22. The van der Waals surface area contributed by atoms with Gasteiger partial charge in [0.2, 0.25) is 5.91 Å². The molecule has 0 spiro atoms. The molecule has 6 heteroatoms. The molecule has 1 aliphatic heterocycles. The minimum Gasteiger partial charge on any atom is -0.370 e. The average molecular weight is 363 g/mol. The Hall–Kier alpha value is -1.50. The summed E-state index contributed by atoms with van der Waals surface area (Å²) in [5.41, 5.74) is 3.45. The van der Waals surface area contributed by atoms with Crippen LogP contribution in [0.1, 0.15) is 30.9 Å². The van der Waals surface area contributed by atoms with Gasteiger partial charge in [-0.3, -0.25) is 9.69 Å². The standard InChI is InChI=1S/C19H27N3O2S/c1-4-5-17(23)22(7-6-21-8-10-24-11-9-21)19-20-18-15(3)12-14(2)13-16(18)25-19/h12-13H,4-11H2,1-3H3/p+1. The van der Waals surface area contributed by atoms with E-state index in [2.05, 4.69) is 32.9 Å². The Labute approximate surface area is 153 Å². The molecule has 2 heterocycles. The molecular formula is C19H28N3O2S+. The van der Waals surface area contributed by atoms with Gasteiger partial charge in [-0.2, -0.15) is 0 Å². The van der Waals surface area contributed by atoms with Gasteiger partial charge in [0.05, 0.1) is 36.5 Å². The second kappa shape index (κ2) is 8.25. The first kappa shape index (κ1) is 18.3. The Balaban J connectivity index is 1.83. The zero-order valence-corrected chi connectivity index (χ0v) is 16.2. The lowest BCUT2D eigenvalue weighted by Gasteiger charge is -2.26. The minimum absolute atomic E-state index is 0.184. The number of anilines is 1. The molecule has 0 atom stereocenters. The molecule has 1 N–H and O–H groups in total. The number of amides is 1. The predicted molar refractivity (Wildman–Crippen MR) is 103 cm³/mol. The minimum atomic E-state index is 0.184. The largest absolute Gasteiger partial charge is 0.370 e. The summed E-state index contributed by atoms with van der Waals surface area (Å²) in [4.78, 5) is 20.9. The molecule has 1 saturated heterocycles. The van der Waals surface area contributed by atoms with Crippen LogP contribution in [0.25, 0.3) is 10.2 Å². The quantitative estimate of drug-likeness (QED) is 0.855. The Morgan fingerprint density at radius 2 is 2.08 bits per heavy atom. The fourth-order valence-electron chi connectivity index (χ4n) is 3.33. The molecule has 1 fully saturated rings. The number of morpholine rings is 1. The monoisotopic (exact) mass is 362 g/mol. The van der Waals surface area contributed by atoms with E-state index in [0.29, 0.717) is 6.42 Å². The third-order valence-corrected chi connectivity index (χ3v) is 5.73. The lowest BCUT2D eigenvalue weighted by molar-refractivity contribution is -0.906. The lowest BCUT2D eigenvalue weighted by Crippen LogP contribution is -3.14. The number of nitrogens with zero attached hydrogens (tertiary/aromatic N) is 2. The highest BCUT2D eigenvalue weighted by atomic mass is 32.1. The van der Waals surface area contributed by atoms with E-state index in [9.17, 15) is 4.79 Å². The van der Waals surface area contributed by atoms with E-state index >= 15 is 0 Å². The summed E-state index contributed by atoms with van der Waals surface area (Å²) in [6.07, 6.45) is 1.44. The summed E-state index contributed by atoms with van der Waals surface area (Å²) in [7, 11) is 0. The Morgan fingerprint density at radius 1 is 1.32 bits per heavy atom. The number of hydrogen-bond acceptors (Lipinski definition) is 4. The molecule has 25 heavy (non-hydrogen) atoms. The second-order valence-corrected chi connectivity index (χ2v) is 7.84. The van der Waals surface area contributed by atoms with E-state index in [1.165, 1.54) is 20.7 Å². The van der Waals surface area contributed by atoms with E-state index in [-0.39, 0.29) is 5.91 Å². The molecule has 1 aromatic carbocycles. The van der Waals surface area contributed by atoms with Gasteiger partial charge in [0.15, 0.2) is 5.13 Å². The van der Waals surface area contributed by atoms with Gasteiger partial charge < -0.3 is 9.64 Å². The van der Waals surface area contributed by atoms with Crippen molar-refractivity contribution in [3.05, 3.63) is 23.3 Å². The van der Waals surface area contributed by atoms with Crippen LogP contribution >= 0.6 is 11.3 Å². The molecular weight excluding hydrogens is 334 g/mol. The molecule has 3 rings (SSSR count). The zero-order chi connectivity index (χ0) is 17.8. The molecule has 136 valence electrons. The molecule has 1 aromatic heterocycles. The molecule has 0 saturated carbocycles. The van der Waals surface area contributed by atoms with Crippen LogP contribution in [0, 0.1) is 13.8 Å². The van der Waals surface area contributed by atoms with Crippen molar-refractivity contribution in [1.29, 1.82) is 0 Å². The van der Waals surface area contributed by atoms with E-state index in [1.807, 2.05) is 4.90 Å². The first-order valence-electron chi connectivity index (χ1n) is 9.18. The third kappa shape index (κ3) is 4.37. The van der Waals surface area contributed by atoms with E-state index in [1.54, 1.807) is 11.3 Å². The molecule has 0 radical (unpaired) electrons. The van der Waals surface area contributed by atoms with Crippen LogP contribution in [0.4, 0.5) is 5.13 Å². The molecule has 0 bridgehead atoms. The predicted octanol–water partition coefficient (Wildman–Crippen LogP) is 1.96. The second-order valence-electron chi connectivity index (χ2n) is 6.83. The number of benzene rings is 1. The smallest absolute Gasteiger partial charge is 0.228 e. The third-order valence-electron chi connectivity index (χ3n) is 4.70. The molecule has 2 aromatic rings. The van der Waals surface area contributed by atoms with Gasteiger partial charge in [-0.15, -0.1) is 0 Å². The average Bonchev–Trinajstić information content (AvgIpc) is 3.00. The van der Waals surface area contributed by atoms with Crippen molar-refractivity contribution >= 4 is 32.6 Å². The number of nitrogens with one attached hydrogen (secondary N) is 1. The topological polar surface area (TPSA) is 46.9 Å². The molecule has 0 unspecified atom stereocenters. The SMILES string of the molecule is CCCC(=O)N(CC[NH+]1CCOCC1)c1nc2c(C)cc(C)cc2s1. The van der Waals surface area contributed by atoms with E-state index in [4.69, 9.17) is 9.72 Å². The van der Waals surface area contributed by atoms with Crippen LogP contribution in [-0.4, -0.2) is 50.3 Å². The van der Waals surface area contributed by atoms with Crippen LogP contribution < -0.4 is 9.80 Å². The Kier molecular flexibility index (Phi) is 6.04. The number of carbonyl (C=O) groups excluding carboxylic acids is 1. The lowest BCUT2D eigenvalue weighted by atomic mass is 10.1. The fourth-order valence-corrected chi connectivity index (χ4v) is 4.52. The number of carbonyl (C=O) groups is 1. The van der Waals surface area contributed by atoms with Crippen LogP contribution in [0.2, 0.25) is 0 Å². The van der Waals surface area contributed by atoms with Gasteiger partial charge in [0.1, 0.15) is 13.1 Å². The van der Waals surface area contributed by atoms with Gasteiger partial charge in [-0.25, -0.2) is 4.98 Å².